The zero-order valence-electron chi connectivity index (χ0n) is 13.5. The van der Waals surface area contributed by atoms with Gasteiger partial charge in [-0.3, -0.25) is 4.99 Å². The highest BCUT2D eigenvalue weighted by atomic mass is 35.5. The van der Waals surface area contributed by atoms with Gasteiger partial charge in [-0.15, -0.1) is 0 Å². The van der Waals surface area contributed by atoms with Gasteiger partial charge in [-0.2, -0.15) is 0 Å². The van der Waals surface area contributed by atoms with Gasteiger partial charge in [0.1, 0.15) is 0 Å². The van der Waals surface area contributed by atoms with Crippen LogP contribution in [0.3, 0.4) is 0 Å². The van der Waals surface area contributed by atoms with E-state index in [1.807, 2.05) is 0 Å². The number of likely N-dealkylation sites (tertiary alicyclic amines) is 1. The van der Waals surface area contributed by atoms with Crippen LogP contribution in [0.4, 0.5) is 0 Å². The maximum atomic E-state index is 6.04. The topological polar surface area (TPSA) is 46.1 Å². The molecule has 0 spiro atoms. The van der Waals surface area contributed by atoms with Gasteiger partial charge in [-0.25, -0.2) is 0 Å². The second-order valence-electron chi connectivity index (χ2n) is 5.93. The Morgan fingerprint density at radius 3 is 2.73 bits per heavy atom. The van der Waals surface area contributed by atoms with Gasteiger partial charge in [0.25, 0.3) is 0 Å². The first-order valence-electron chi connectivity index (χ1n) is 8.21. The molecule has 2 aliphatic heterocycles. The number of halogens is 1. The number of nitrogens with zero attached hydrogens (tertiary/aromatic N) is 2. The third-order valence-electron chi connectivity index (χ3n) is 4.18. The van der Waals surface area contributed by atoms with Crippen LogP contribution < -0.4 is 5.32 Å². The summed E-state index contributed by atoms with van der Waals surface area (Å²) < 4.78 is 11.7. The Morgan fingerprint density at radius 2 is 2.14 bits per heavy atom. The Morgan fingerprint density at radius 1 is 1.36 bits per heavy atom. The molecular weight excluding hydrogens is 302 g/mol. The molecule has 2 saturated heterocycles. The van der Waals surface area contributed by atoms with E-state index in [-0.39, 0.29) is 0 Å². The van der Waals surface area contributed by atoms with Gasteiger partial charge >= 0.3 is 0 Å². The molecule has 1 N–H and O–H groups in total. The van der Waals surface area contributed by atoms with Crippen LogP contribution in [-0.4, -0.2) is 63.0 Å². The summed E-state index contributed by atoms with van der Waals surface area (Å²) in [6, 6.07) is 0. The van der Waals surface area contributed by atoms with Crippen LogP contribution in [-0.2, 0) is 9.47 Å². The summed E-state index contributed by atoms with van der Waals surface area (Å²) in [5, 5.41) is 3.81. The number of guanidine groups is 1. The van der Waals surface area contributed by atoms with Crippen LogP contribution in [0.25, 0.3) is 0 Å². The molecule has 0 aromatic rings. The second-order valence-corrected chi connectivity index (χ2v) is 6.46. The smallest absolute Gasteiger partial charge is 0.193 e. The van der Waals surface area contributed by atoms with Gasteiger partial charge in [0.05, 0.1) is 25.4 Å². The van der Waals surface area contributed by atoms with Crippen LogP contribution in [0, 0.1) is 0 Å². The van der Waals surface area contributed by atoms with E-state index in [1.165, 1.54) is 12.8 Å². The molecular formula is C16H28ClN3O2. The molecule has 22 heavy (non-hydrogen) atoms. The van der Waals surface area contributed by atoms with Gasteiger partial charge in [-0.05, 0) is 32.1 Å². The number of aliphatic imine (C=N–C) groups is 1. The van der Waals surface area contributed by atoms with E-state index in [9.17, 15) is 0 Å². The summed E-state index contributed by atoms with van der Waals surface area (Å²) in [7, 11) is 1.79. The Balaban J connectivity index is 1.67. The lowest BCUT2D eigenvalue weighted by molar-refractivity contribution is -0.0721. The number of piperidine rings is 1. The minimum absolute atomic E-state index is 0.302. The van der Waals surface area contributed by atoms with E-state index in [0.717, 1.165) is 51.5 Å². The van der Waals surface area contributed by atoms with E-state index in [2.05, 4.69) is 21.8 Å². The van der Waals surface area contributed by atoms with E-state index in [4.69, 9.17) is 21.1 Å². The molecule has 0 aromatic heterocycles. The molecule has 1 atom stereocenters. The highest BCUT2D eigenvalue weighted by Gasteiger charge is 2.23. The zero-order chi connectivity index (χ0) is 15.8. The van der Waals surface area contributed by atoms with E-state index >= 15 is 0 Å². The highest BCUT2D eigenvalue weighted by molar-refractivity contribution is 6.29. The van der Waals surface area contributed by atoms with Crippen molar-refractivity contribution in [3.05, 3.63) is 11.6 Å². The van der Waals surface area contributed by atoms with Gasteiger partial charge in [0.15, 0.2) is 5.96 Å². The Kier molecular flexibility index (Phi) is 7.49. The highest BCUT2D eigenvalue weighted by Crippen LogP contribution is 2.17. The van der Waals surface area contributed by atoms with Crippen molar-refractivity contribution in [1.29, 1.82) is 0 Å². The molecule has 0 amide bonds. The number of rotatable bonds is 5. The molecule has 2 aliphatic rings. The lowest BCUT2D eigenvalue weighted by Crippen LogP contribution is -2.47. The number of nitrogens with one attached hydrogen (secondary N) is 1. The van der Waals surface area contributed by atoms with Crippen molar-refractivity contribution in [2.75, 3.05) is 39.9 Å². The minimum Gasteiger partial charge on any atom is -0.376 e. The monoisotopic (exact) mass is 329 g/mol. The van der Waals surface area contributed by atoms with Crippen LogP contribution >= 0.6 is 11.6 Å². The SMILES string of the molecule is C=C(Cl)CNC(=NC)N1CCC(OCC2CCCCO2)CC1. The Hall–Kier alpha value is -0.780. The molecule has 0 bridgehead atoms. The summed E-state index contributed by atoms with van der Waals surface area (Å²) in [5.41, 5.74) is 0. The van der Waals surface area contributed by atoms with Crippen molar-refractivity contribution >= 4 is 17.6 Å². The second kappa shape index (κ2) is 9.38. The molecule has 1 unspecified atom stereocenters. The quantitative estimate of drug-likeness (QED) is 0.621. The summed E-state index contributed by atoms with van der Waals surface area (Å²) >= 11 is 5.79. The molecule has 2 rings (SSSR count). The first kappa shape index (κ1) is 17.6. The Bertz CT molecular complexity index is 376. The third kappa shape index (κ3) is 5.78. The fraction of sp³-hybridized carbons (Fsp3) is 0.812. The molecule has 0 aromatic carbocycles. The van der Waals surface area contributed by atoms with Crippen molar-refractivity contribution in [3.8, 4) is 0 Å². The molecule has 0 aliphatic carbocycles. The number of ether oxygens (including phenoxy) is 2. The predicted octanol–water partition coefficient (Wildman–Crippen LogP) is 2.36. The predicted molar refractivity (Wildman–Crippen MR) is 90.5 cm³/mol. The first-order valence-corrected chi connectivity index (χ1v) is 8.59. The largest absolute Gasteiger partial charge is 0.376 e. The van der Waals surface area contributed by atoms with E-state index in [0.29, 0.717) is 23.8 Å². The maximum absolute atomic E-state index is 6.04. The molecule has 2 heterocycles. The maximum Gasteiger partial charge on any atom is 0.193 e. The number of hydrogen-bond donors (Lipinski definition) is 1. The summed E-state index contributed by atoms with van der Waals surface area (Å²) in [6.07, 6.45) is 6.27. The van der Waals surface area contributed by atoms with E-state index in [1.54, 1.807) is 7.05 Å². The van der Waals surface area contributed by atoms with Crippen LogP contribution in [0.2, 0.25) is 0 Å². The van der Waals surface area contributed by atoms with Crippen molar-refractivity contribution < 1.29 is 9.47 Å². The van der Waals surface area contributed by atoms with Crippen molar-refractivity contribution in [2.24, 2.45) is 4.99 Å². The Labute approximate surface area is 138 Å². The van der Waals surface area contributed by atoms with Crippen molar-refractivity contribution in [2.45, 2.75) is 44.3 Å². The van der Waals surface area contributed by atoms with Crippen molar-refractivity contribution in [1.82, 2.24) is 10.2 Å². The van der Waals surface area contributed by atoms with Crippen molar-refractivity contribution in [3.63, 3.8) is 0 Å². The molecule has 0 radical (unpaired) electrons. The van der Waals surface area contributed by atoms with Crippen LogP contribution in [0.15, 0.2) is 16.6 Å². The van der Waals surface area contributed by atoms with Gasteiger partial charge in [-0.1, -0.05) is 18.2 Å². The van der Waals surface area contributed by atoms with E-state index < -0.39 is 0 Å². The lowest BCUT2D eigenvalue weighted by atomic mass is 10.1. The van der Waals surface area contributed by atoms with Gasteiger partial charge < -0.3 is 19.7 Å². The molecule has 2 fully saturated rings. The van der Waals surface area contributed by atoms with Crippen LogP contribution in [0.5, 0.6) is 0 Å². The molecule has 0 saturated carbocycles. The van der Waals surface area contributed by atoms with Gasteiger partial charge in [0.2, 0.25) is 0 Å². The summed E-state index contributed by atoms with van der Waals surface area (Å²) in [5.74, 6) is 0.885. The van der Waals surface area contributed by atoms with Crippen LogP contribution in [0.1, 0.15) is 32.1 Å². The molecule has 6 heteroatoms. The average molecular weight is 330 g/mol. The lowest BCUT2D eigenvalue weighted by Gasteiger charge is -2.35. The van der Waals surface area contributed by atoms with Gasteiger partial charge in [0, 0.05) is 31.8 Å². The molecule has 126 valence electrons. The molecule has 5 nitrogen and oxygen atoms in total. The summed E-state index contributed by atoms with van der Waals surface area (Å²) in [4.78, 5) is 6.55. The number of hydrogen-bond acceptors (Lipinski definition) is 3. The first-order chi connectivity index (χ1) is 10.7. The average Bonchev–Trinajstić information content (AvgIpc) is 2.55. The fourth-order valence-corrected chi connectivity index (χ4v) is 2.99. The fourth-order valence-electron chi connectivity index (χ4n) is 2.92. The zero-order valence-corrected chi connectivity index (χ0v) is 14.3. The summed E-state index contributed by atoms with van der Waals surface area (Å²) in [6.45, 7) is 7.76. The third-order valence-corrected chi connectivity index (χ3v) is 4.32. The standard InChI is InChI=1S/C16H28ClN3O2/c1-13(17)11-19-16(18-2)20-8-6-14(7-9-20)22-12-15-5-3-4-10-21-15/h14-15H,1,3-12H2,2H3,(H,18,19). The normalized spacial score (nSPS) is 24.4. The minimum atomic E-state index is 0.302.